The number of nitrogens with two attached hydrogens (primary N) is 1. The number of aromatic nitrogens is 3. The molecule has 3 aromatic rings. The van der Waals surface area contributed by atoms with Crippen LogP contribution in [0, 0.1) is 13.8 Å². The minimum absolute atomic E-state index is 0.157. The fourth-order valence-electron chi connectivity index (χ4n) is 4.24. The number of morpholine rings is 1. The van der Waals surface area contributed by atoms with Crippen molar-refractivity contribution < 1.29 is 23.9 Å². The van der Waals surface area contributed by atoms with Gasteiger partial charge in [0, 0.05) is 36.6 Å². The monoisotopic (exact) mass is 480 g/mol. The summed E-state index contributed by atoms with van der Waals surface area (Å²) in [6.45, 7) is 6.35. The first-order valence-corrected chi connectivity index (χ1v) is 11.3. The van der Waals surface area contributed by atoms with E-state index in [4.69, 9.17) is 15.2 Å². The van der Waals surface area contributed by atoms with E-state index < -0.39 is 11.9 Å². The molecule has 11 heteroatoms. The highest BCUT2D eigenvalue weighted by atomic mass is 16.5. The number of amides is 2. The van der Waals surface area contributed by atoms with Gasteiger partial charge < -0.3 is 25.4 Å². The predicted molar refractivity (Wildman–Crippen MR) is 129 cm³/mol. The normalized spacial score (nSPS) is 13.6. The molecule has 2 amide bonds. The SMILES string of the molecule is COC(=O)c1cc(N2CCOCC2)ccc1NC(=O)CCc1c(C)nc2c(C(N)=O)cnn2c1C. The Morgan fingerprint density at radius 3 is 2.60 bits per heavy atom. The zero-order valence-electron chi connectivity index (χ0n) is 20.0. The summed E-state index contributed by atoms with van der Waals surface area (Å²) in [5.74, 6) is -1.38. The van der Waals surface area contributed by atoms with Gasteiger partial charge >= 0.3 is 5.97 Å². The standard InChI is InChI=1S/C24H28N6O5/c1-14-17(15(2)30-23(27-14)19(13-26-30)22(25)32)5-7-21(31)28-20-6-4-16(12-18(20)24(33)34-3)29-8-10-35-11-9-29/h4,6,12-13H,5,7-11H2,1-3H3,(H2,25,32)(H,28,31). The number of ether oxygens (including phenoxy) is 2. The Bertz CT molecular complexity index is 1300. The lowest BCUT2D eigenvalue weighted by Crippen LogP contribution is -2.36. The fraction of sp³-hybridized carbons (Fsp3) is 0.375. The number of aryl methyl sites for hydroxylation is 2. The highest BCUT2D eigenvalue weighted by Crippen LogP contribution is 2.26. The van der Waals surface area contributed by atoms with Crippen LogP contribution >= 0.6 is 0 Å². The molecule has 1 aliphatic heterocycles. The van der Waals surface area contributed by atoms with Crippen molar-refractivity contribution in [2.45, 2.75) is 26.7 Å². The Morgan fingerprint density at radius 2 is 1.91 bits per heavy atom. The first kappa shape index (κ1) is 24.1. The van der Waals surface area contributed by atoms with E-state index in [1.807, 2.05) is 19.9 Å². The van der Waals surface area contributed by atoms with Gasteiger partial charge in [-0.3, -0.25) is 9.59 Å². The number of nitrogens with zero attached hydrogens (tertiary/aromatic N) is 4. The molecule has 3 N–H and O–H groups in total. The maximum Gasteiger partial charge on any atom is 0.340 e. The minimum atomic E-state index is -0.598. The van der Waals surface area contributed by atoms with Gasteiger partial charge in [-0.1, -0.05) is 0 Å². The average Bonchev–Trinajstić information content (AvgIpc) is 3.28. The molecular weight excluding hydrogens is 452 g/mol. The van der Waals surface area contributed by atoms with Crippen molar-refractivity contribution in [1.82, 2.24) is 14.6 Å². The van der Waals surface area contributed by atoms with Crippen LogP contribution in [-0.4, -0.2) is 65.8 Å². The van der Waals surface area contributed by atoms with Gasteiger partial charge in [-0.15, -0.1) is 0 Å². The Labute approximate surface area is 202 Å². The molecule has 0 aliphatic carbocycles. The van der Waals surface area contributed by atoms with Crippen LogP contribution in [0.15, 0.2) is 24.4 Å². The van der Waals surface area contributed by atoms with Gasteiger partial charge in [0.1, 0.15) is 5.56 Å². The Hall–Kier alpha value is -3.99. The lowest BCUT2D eigenvalue weighted by Gasteiger charge is -2.29. The van der Waals surface area contributed by atoms with Crippen LogP contribution in [0.4, 0.5) is 11.4 Å². The largest absolute Gasteiger partial charge is 0.465 e. The van der Waals surface area contributed by atoms with Crippen molar-refractivity contribution >= 4 is 34.8 Å². The molecule has 0 saturated carbocycles. The number of primary amides is 1. The molecular formula is C24H28N6O5. The molecule has 35 heavy (non-hydrogen) atoms. The van der Waals surface area contributed by atoms with Crippen LogP contribution in [0.25, 0.3) is 5.65 Å². The molecule has 184 valence electrons. The summed E-state index contributed by atoms with van der Waals surface area (Å²) in [7, 11) is 1.31. The van der Waals surface area contributed by atoms with Gasteiger partial charge in [-0.05, 0) is 44.0 Å². The van der Waals surface area contributed by atoms with Crippen LogP contribution < -0.4 is 16.0 Å². The van der Waals surface area contributed by atoms with E-state index in [2.05, 4.69) is 20.3 Å². The maximum absolute atomic E-state index is 12.8. The van der Waals surface area contributed by atoms with Crippen LogP contribution in [0.5, 0.6) is 0 Å². The molecule has 1 fully saturated rings. The molecule has 1 aliphatic rings. The predicted octanol–water partition coefficient (Wildman–Crippen LogP) is 1.64. The van der Waals surface area contributed by atoms with Gasteiger partial charge in [-0.2, -0.15) is 5.10 Å². The molecule has 1 aromatic carbocycles. The summed E-state index contributed by atoms with van der Waals surface area (Å²) in [6, 6.07) is 5.31. The zero-order chi connectivity index (χ0) is 25.1. The zero-order valence-corrected chi connectivity index (χ0v) is 20.0. The molecule has 0 atom stereocenters. The van der Waals surface area contributed by atoms with E-state index in [0.717, 1.165) is 30.0 Å². The summed E-state index contributed by atoms with van der Waals surface area (Å²) in [5.41, 5.74) is 9.90. The smallest absolute Gasteiger partial charge is 0.340 e. The molecule has 0 spiro atoms. The number of rotatable bonds is 7. The second-order valence-corrected chi connectivity index (χ2v) is 8.29. The highest BCUT2D eigenvalue weighted by molar-refractivity contribution is 6.02. The summed E-state index contributed by atoms with van der Waals surface area (Å²) in [5, 5.41) is 7.05. The van der Waals surface area contributed by atoms with E-state index in [0.29, 0.717) is 36.7 Å². The van der Waals surface area contributed by atoms with Gasteiger partial charge in [0.15, 0.2) is 5.65 Å². The Kier molecular flexibility index (Phi) is 6.97. The molecule has 1 saturated heterocycles. The summed E-state index contributed by atoms with van der Waals surface area (Å²) >= 11 is 0. The van der Waals surface area contributed by atoms with E-state index >= 15 is 0 Å². The second-order valence-electron chi connectivity index (χ2n) is 8.29. The van der Waals surface area contributed by atoms with Crippen molar-refractivity contribution in [2.24, 2.45) is 5.73 Å². The third kappa shape index (κ3) is 4.94. The summed E-state index contributed by atoms with van der Waals surface area (Å²) in [6.07, 6.45) is 1.95. The van der Waals surface area contributed by atoms with E-state index in [9.17, 15) is 14.4 Å². The number of anilines is 2. The fourth-order valence-corrected chi connectivity index (χ4v) is 4.24. The molecule has 2 aromatic heterocycles. The van der Waals surface area contributed by atoms with Crippen molar-refractivity contribution in [1.29, 1.82) is 0 Å². The van der Waals surface area contributed by atoms with Crippen LogP contribution in [0.2, 0.25) is 0 Å². The second kappa shape index (κ2) is 10.1. The minimum Gasteiger partial charge on any atom is -0.465 e. The molecule has 0 radical (unpaired) electrons. The van der Waals surface area contributed by atoms with Gasteiger partial charge in [-0.25, -0.2) is 14.3 Å². The van der Waals surface area contributed by atoms with Gasteiger partial charge in [0.25, 0.3) is 5.91 Å². The highest BCUT2D eigenvalue weighted by Gasteiger charge is 2.20. The van der Waals surface area contributed by atoms with Crippen LogP contribution in [0.1, 0.15) is 44.1 Å². The average molecular weight is 481 g/mol. The molecule has 0 bridgehead atoms. The van der Waals surface area contributed by atoms with Crippen molar-refractivity contribution in [2.75, 3.05) is 43.6 Å². The van der Waals surface area contributed by atoms with E-state index in [1.54, 1.807) is 16.6 Å². The molecule has 11 nitrogen and oxygen atoms in total. The quantitative estimate of drug-likeness (QED) is 0.486. The number of nitrogens with one attached hydrogen (secondary N) is 1. The summed E-state index contributed by atoms with van der Waals surface area (Å²) < 4.78 is 11.9. The van der Waals surface area contributed by atoms with Gasteiger partial charge in [0.05, 0.1) is 37.8 Å². The Balaban J connectivity index is 1.51. The van der Waals surface area contributed by atoms with Crippen LogP contribution in [-0.2, 0) is 20.7 Å². The van der Waals surface area contributed by atoms with E-state index in [-0.39, 0.29) is 23.5 Å². The third-order valence-corrected chi connectivity index (χ3v) is 6.13. The lowest BCUT2D eigenvalue weighted by molar-refractivity contribution is -0.116. The van der Waals surface area contributed by atoms with Gasteiger partial charge in [0.2, 0.25) is 5.91 Å². The molecule has 4 rings (SSSR count). The number of hydrogen-bond donors (Lipinski definition) is 2. The number of carbonyl (C=O) groups excluding carboxylic acids is 3. The number of fused-ring (bicyclic) bond motifs is 1. The number of carbonyl (C=O) groups is 3. The summed E-state index contributed by atoms with van der Waals surface area (Å²) in [4.78, 5) is 43.5. The first-order valence-electron chi connectivity index (χ1n) is 11.3. The third-order valence-electron chi connectivity index (χ3n) is 6.13. The van der Waals surface area contributed by atoms with Crippen molar-refractivity contribution in [3.8, 4) is 0 Å². The maximum atomic E-state index is 12.8. The number of esters is 1. The van der Waals surface area contributed by atoms with E-state index in [1.165, 1.54) is 13.3 Å². The van der Waals surface area contributed by atoms with Crippen molar-refractivity contribution in [3.05, 3.63) is 52.5 Å². The van der Waals surface area contributed by atoms with Crippen molar-refractivity contribution in [3.63, 3.8) is 0 Å². The number of hydrogen-bond acceptors (Lipinski definition) is 8. The first-order chi connectivity index (χ1) is 16.8. The molecule has 3 heterocycles. The Morgan fingerprint density at radius 1 is 1.17 bits per heavy atom. The van der Waals surface area contributed by atoms with Crippen LogP contribution in [0.3, 0.4) is 0 Å². The topological polar surface area (TPSA) is 141 Å². The molecule has 0 unspecified atom stereocenters. The lowest BCUT2D eigenvalue weighted by atomic mass is 10.1. The number of methoxy groups -OCH3 is 1. The number of benzene rings is 1.